The second-order valence-electron chi connectivity index (χ2n) is 10.5. The number of aliphatic carboxylic acids is 1. The van der Waals surface area contributed by atoms with Gasteiger partial charge >= 0.3 is 5.97 Å². The molecular formula is C26H38ClN3O7. The SMILES string of the molecule is CC(C)(C)C(NC(=O)CCCCCC(=O)O)C(=O)N1C[C@H](O)C[C@H]1C(=O)NC(CO)c1ccc(Cl)cc1. The average molecular weight is 540 g/mol. The molecule has 1 saturated heterocycles. The third-order valence-corrected chi connectivity index (χ3v) is 6.60. The first-order chi connectivity index (χ1) is 17.3. The Kier molecular flexibility index (Phi) is 11.3. The van der Waals surface area contributed by atoms with E-state index < -0.39 is 47.4 Å². The maximum atomic E-state index is 13.6. The zero-order valence-corrected chi connectivity index (χ0v) is 22.3. The average Bonchev–Trinajstić information content (AvgIpc) is 3.21. The Morgan fingerprint density at radius 1 is 1.05 bits per heavy atom. The summed E-state index contributed by atoms with van der Waals surface area (Å²) in [5, 5.41) is 34.9. The van der Waals surface area contributed by atoms with Crippen LogP contribution in [0.25, 0.3) is 0 Å². The number of aliphatic hydroxyl groups excluding tert-OH is 2. The fourth-order valence-corrected chi connectivity index (χ4v) is 4.42. The number of nitrogens with one attached hydrogen (secondary N) is 2. The zero-order chi connectivity index (χ0) is 27.8. The number of rotatable bonds is 12. The van der Waals surface area contributed by atoms with E-state index in [1.807, 2.05) is 0 Å². The van der Waals surface area contributed by atoms with Gasteiger partial charge in [-0.25, -0.2) is 0 Å². The Labute approximate surface area is 222 Å². The second-order valence-corrected chi connectivity index (χ2v) is 10.9. The minimum Gasteiger partial charge on any atom is -0.481 e. The third kappa shape index (κ3) is 9.28. The molecule has 3 amide bonds. The summed E-state index contributed by atoms with van der Waals surface area (Å²) in [6, 6.07) is 4.02. The van der Waals surface area contributed by atoms with Crippen LogP contribution in [0.5, 0.6) is 0 Å². The molecular weight excluding hydrogens is 502 g/mol. The van der Waals surface area contributed by atoms with Crippen LogP contribution in [0.1, 0.15) is 70.9 Å². The van der Waals surface area contributed by atoms with Gasteiger partial charge in [-0.2, -0.15) is 0 Å². The highest BCUT2D eigenvalue weighted by Crippen LogP contribution is 2.27. The number of aliphatic hydroxyl groups is 2. The van der Waals surface area contributed by atoms with Crippen LogP contribution in [0, 0.1) is 5.41 Å². The minimum atomic E-state index is -0.971. The van der Waals surface area contributed by atoms with Gasteiger partial charge in [0.2, 0.25) is 17.7 Å². The molecule has 0 radical (unpaired) electrons. The molecule has 2 unspecified atom stereocenters. The molecule has 1 heterocycles. The van der Waals surface area contributed by atoms with E-state index in [4.69, 9.17) is 16.7 Å². The van der Waals surface area contributed by atoms with Crippen molar-refractivity contribution in [3.8, 4) is 0 Å². The van der Waals surface area contributed by atoms with Gasteiger partial charge in [0.15, 0.2) is 0 Å². The van der Waals surface area contributed by atoms with E-state index >= 15 is 0 Å². The lowest BCUT2D eigenvalue weighted by atomic mass is 9.85. The molecule has 1 aromatic carbocycles. The van der Waals surface area contributed by atoms with Crippen molar-refractivity contribution in [3.63, 3.8) is 0 Å². The summed E-state index contributed by atoms with van der Waals surface area (Å²) < 4.78 is 0. The van der Waals surface area contributed by atoms with Crippen LogP contribution in [-0.4, -0.2) is 75.2 Å². The monoisotopic (exact) mass is 539 g/mol. The van der Waals surface area contributed by atoms with Gasteiger partial charge in [0.25, 0.3) is 0 Å². The smallest absolute Gasteiger partial charge is 0.303 e. The number of benzene rings is 1. The van der Waals surface area contributed by atoms with Crippen LogP contribution in [0.3, 0.4) is 0 Å². The summed E-state index contributed by atoms with van der Waals surface area (Å²) >= 11 is 5.92. The molecule has 1 aromatic rings. The van der Waals surface area contributed by atoms with E-state index in [2.05, 4.69) is 10.6 Å². The highest BCUT2D eigenvalue weighted by atomic mass is 35.5. The molecule has 0 bridgehead atoms. The summed E-state index contributed by atoms with van der Waals surface area (Å²) in [7, 11) is 0. The number of hydrogen-bond acceptors (Lipinski definition) is 6. The lowest BCUT2D eigenvalue weighted by Crippen LogP contribution is -2.58. The predicted octanol–water partition coefficient (Wildman–Crippen LogP) is 2.02. The molecule has 0 aromatic heterocycles. The van der Waals surface area contributed by atoms with Gasteiger partial charge in [0.05, 0.1) is 18.8 Å². The van der Waals surface area contributed by atoms with Gasteiger partial charge in [0.1, 0.15) is 12.1 Å². The molecule has 5 N–H and O–H groups in total. The fraction of sp³-hybridized carbons (Fsp3) is 0.615. The first-order valence-corrected chi connectivity index (χ1v) is 12.9. The van der Waals surface area contributed by atoms with E-state index in [0.717, 1.165) is 0 Å². The minimum absolute atomic E-state index is 0.0325. The number of halogens is 1. The number of β-amino-alcohol motifs (C(OH)–C–C–N with tert-alkyl or cyclic N) is 1. The van der Waals surface area contributed by atoms with Crippen molar-refractivity contribution < 1.29 is 34.5 Å². The van der Waals surface area contributed by atoms with E-state index in [1.165, 1.54) is 4.90 Å². The lowest BCUT2D eigenvalue weighted by molar-refractivity contribution is -0.144. The number of carbonyl (C=O) groups excluding carboxylic acids is 3. The van der Waals surface area contributed by atoms with Crippen molar-refractivity contribution in [1.82, 2.24) is 15.5 Å². The maximum absolute atomic E-state index is 13.6. The molecule has 206 valence electrons. The van der Waals surface area contributed by atoms with Gasteiger partial charge in [0, 0.05) is 30.8 Å². The van der Waals surface area contributed by atoms with Gasteiger partial charge in [-0.1, -0.05) is 50.9 Å². The molecule has 0 aliphatic carbocycles. The number of carbonyl (C=O) groups is 4. The number of unbranched alkanes of at least 4 members (excludes halogenated alkanes) is 2. The summed E-state index contributed by atoms with van der Waals surface area (Å²) in [5.74, 6) is -2.22. The number of hydrogen-bond donors (Lipinski definition) is 5. The molecule has 4 atom stereocenters. The second kappa shape index (κ2) is 13.7. The van der Waals surface area contributed by atoms with E-state index in [1.54, 1.807) is 45.0 Å². The summed E-state index contributed by atoms with van der Waals surface area (Å²) in [4.78, 5) is 51.3. The van der Waals surface area contributed by atoms with Crippen molar-refractivity contribution in [2.75, 3.05) is 13.2 Å². The van der Waals surface area contributed by atoms with Gasteiger partial charge in [-0.3, -0.25) is 19.2 Å². The Balaban J connectivity index is 2.09. The summed E-state index contributed by atoms with van der Waals surface area (Å²) in [6.07, 6.45) is 0.848. The van der Waals surface area contributed by atoms with E-state index in [-0.39, 0.29) is 38.3 Å². The van der Waals surface area contributed by atoms with Crippen LogP contribution in [-0.2, 0) is 19.2 Å². The van der Waals surface area contributed by atoms with Gasteiger partial charge in [-0.15, -0.1) is 0 Å². The number of likely N-dealkylation sites (tertiary alicyclic amines) is 1. The first kappa shape index (κ1) is 30.5. The van der Waals surface area contributed by atoms with Gasteiger partial charge in [-0.05, 0) is 36.0 Å². The molecule has 2 rings (SSSR count). The fourth-order valence-electron chi connectivity index (χ4n) is 4.29. The third-order valence-electron chi connectivity index (χ3n) is 6.35. The van der Waals surface area contributed by atoms with Gasteiger partial charge < -0.3 is 30.9 Å². The van der Waals surface area contributed by atoms with E-state index in [0.29, 0.717) is 29.8 Å². The molecule has 1 aliphatic heterocycles. The predicted molar refractivity (Wildman–Crippen MR) is 138 cm³/mol. The molecule has 10 nitrogen and oxygen atoms in total. The number of nitrogens with zero attached hydrogens (tertiary/aromatic N) is 1. The van der Waals surface area contributed by atoms with Crippen LogP contribution in [0.4, 0.5) is 0 Å². The molecule has 1 fully saturated rings. The van der Waals surface area contributed by atoms with Crippen LogP contribution < -0.4 is 10.6 Å². The Morgan fingerprint density at radius 2 is 1.68 bits per heavy atom. The quantitative estimate of drug-likeness (QED) is 0.254. The topological polar surface area (TPSA) is 156 Å². The number of carboxylic acid groups (broad SMARTS) is 1. The summed E-state index contributed by atoms with van der Waals surface area (Å²) in [6.45, 7) is 4.97. The number of carboxylic acids is 1. The molecule has 1 aliphatic rings. The Morgan fingerprint density at radius 3 is 2.24 bits per heavy atom. The Hall–Kier alpha value is -2.69. The molecule has 37 heavy (non-hydrogen) atoms. The highest BCUT2D eigenvalue weighted by molar-refractivity contribution is 6.30. The van der Waals surface area contributed by atoms with Crippen molar-refractivity contribution in [1.29, 1.82) is 0 Å². The van der Waals surface area contributed by atoms with Crippen LogP contribution >= 0.6 is 11.6 Å². The summed E-state index contributed by atoms with van der Waals surface area (Å²) in [5.41, 5.74) is -0.0403. The van der Waals surface area contributed by atoms with Crippen molar-refractivity contribution in [2.24, 2.45) is 5.41 Å². The highest BCUT2D eigenvalue weighted by Gasteiger charge is 2.44. The maximum Gasteiger partial charge on any atom is 0.303 e. The number of amides is 3. The first-order valence-electron chi connectivity index (χ1n) is 12.5. The normalized spacial score (nSPS) is 19.2. The Bertz CT molecular complexity index is 948. The van der Waals surface area contributed by atoms with Crippen molar-refractivity contribution in [2.45, 2.75) is 83.5 Å². The van der Waals surface area contributed by atoms with Crippen LogP contribution in [0.2, 0.25) is 5.02 Å². The largest absolute Gasteiger partial charge is 0.481 e. The van der Waals surface area contributed by atoms with Crippen molar-refractivity contribution in [3.05, 3.63) is 34.9 Å². The molecule has 0 saturated carbocycles. The van der Waals surface area contributed by atoms with Crippen molar-refractivity contribution >= 4 is 35.3 Å². The molecule has 11 heteroatoms. The standard InChI is InChI=1S/C26H38ClN3O7/c1-26(2,3)23(29-21(33)7-5-4-6-8-22(34)35)25(37)30-14-18(32)13-20(30)24(36)28-19(15-31)16-9-11-17(27)12-10-16/h9-12,18-20,23,31-32H,4-8,13-15H2,1-3H3,(H,28,36)(H,29,33)(H,34,35)/t18-,19?,20+,23?/m1/s1. The lowest BCUT2D eigenvalue weighted by Gasteiger charge is -2.35. The van der Waals surface area contributed by atoms with E-state index in [9.17, 15) is 29.4 Å². The van der Waals surface area contributed by atoms with Crippen LogP contribution in [0.15, 0.2) is 24.3 Å². The molecule has 0 spiro atoms. The zero-order valence-electron chi connectivity index (χ0n) is 21.6.